The quantitative estimate of drug-likeness (QED) is 0.180. The predicted molar refractivity (Wildman–Crippen MR) is 230 cm³/mol. The maximum atomic E-state index is 5.50. The Labute approximate surface area is 319 Å². The zero-order valence-corrected chi connectivity index (χ0v) is 30.5. The molecule has 254 valence electrons. The minimum atomic E-state index is -0.492. The van der Waals surface area contributed by atoms with Gasteiger partial charge in [-0.15, -0.1) is 22.7 Å². The minimum Gasteiger partial charge on any atom is -0.324 e. The summed E-state index contributed by atoms with van der Waals surface area (Å²) in [7, 11) is 0. The molecule has 10 aromatic rings. The maximum absolute atomic E-state index is 5.50. The van der Waals surface area contributed by atoms with Gasteiger partial charge in [0.25, 0.3) is 0 Å². The molecule has 1 aliphatic heterocycles. The zero-order chi connectivity index (χ0) is 35.6. The number of rotatable bonds is 5. The molecule has 1 unspecified atom stereocenters. The smallest absolute Gasteiger partial charge is 0.171 e. The largest absolute Gasteiger partial charge is 0.324 e. The van der Waals surface area contributed by atoms with Gasteiger partial charge in [-0.1, -0.05) is 152 Å². The molecular formula is C48H30N4S2. The third-order valence-corrected chi connectivity index (χ3v) is 12.9. The van der Waals surface area contributed by atoms with Crippen LogP contribution in [0, 0.1) is 0 Å². The lowest BCUT2D eigenvalue weighted by molar-refractivity contribution is 0.769. The number of nitrogens with zero attached hydrogens (tertiary/aromatic N) is 3. The van der Waals surface area contributed by atoms with Gasteiger partial charge in [0, 0.05) is 37.7 Å². The molecule has 3 heterocycles. The topological polar surface area (TPSA) is 49.6 Å². The summed E-state index contributed by atoms with van der Waals surface area (Å²) < 4.78 is 3.68. The van der Waals surface area contributed by atoms with E-state index in [1.807, 2.05) is 17.4 Å². The van der Waals surface area contributed by atoms with Crippen molar-refractivity contribution in [3.05, 3.63) is 187 Å². The lowest BCUT2D eigenvalue weighted by Crippen LogP contribution is -2.36. The molecule has 0 radical (unpaired) electrons. The minimum absolute atomic E-state index is 0.492. The van der Waals surface area contributed by atoms with Crippen molar-refractivity contribution in [2.24, 2.45) is 9.98 Å². The van der Waals surface area contributed by atoms with Gasteiger partial charge in [-0.05, 0) is 50.9 Å². The number of amidine groups is 2. The first-order valence-corrected chi connectivity index (χ1v) is 19.7. The monoisotopic (exact) mass is 726 g/mol. The van der Waals surface area contributed by atoms with Crippen molar-refractivity contribution in [1.29, 1.82) is 0 Å². The molecule has 0 spiro atoms. The summed E-state index contributed by atoms with van der Waals surface area (Å²) >= 11 is 3.62. The summed E-state index contributed by atoms with van der Waals surface area (Å²) in [5.41, 5.74) is 7.64. The van der Waals surface area contributed by atoms with E-state index in [4.69, 9.17) is 15.0 Å². The second-order valence-corrected chi connectivity index (χ2v) is 15.6. The van der Waals surface area contributed by atoms with E-state index in [1.54, 1.807) is 11.3 Å². The Kier molecular flexibility index (Phi) is 7.25. The Morgan fingerprint density at radius 1 is 0.407 bits per heavy atom. The van der Waals surface area contributed by atoms with Gasteiger partial charge in [-0.25, -0.2) is 15.0 Å². The van der Waals surface area contributed by atoms with Gasteiger partial charge >= 0.3 is 0 Å². The molecule has 11 rings (SSSR count). The second-order valence-electron chi connectivity index (χ2n) is 13.6. The van der Waals surface area contributed by atoms with Crippen LogP contribution in [0.15, 0.2) is 180 Å². The van der Waals surface area contributed by atoms with Gasteiger partial charge in [0.15, 0.2) is 6.17 Å². The van der Waals surface area contributed by atoms with Crippen LogP contribution in [-0.2, 0) is 0 Å². The standard InChI is InChI=1S/C48H30N4S2/c1-4-13-29(14-5-1)33-20-12-21-34(27-33)46-50-45(31-16-6-2-7-17-31)51-47(52-46)41-36-24-23-30-15-10-11-22-35(30)38(36)28-39-37-25-26-40-44(43(37)53-42(39)41)54-48(49-40)32-18-8-3-9-19-32/h1-28,47H,(H,50,51,52). The SMILES string of the molecule is c1ccc(C2=NC(c3c4ccc5ccccc5c4cc4c3sc3c4ccc4nc(-c5ccccc5)sc43)N=C(c3cccc(-c4ccccc4)c3)N2)cc1. The molecule has 1 N–H and O–H groups in total. The number of nitrogens with one attached hydrogen (secondary N) is 1. The van der Waals surface area contributed by atoms with Crippen molar-refractivity contribution in [1.82, 2.24) is 10.3 Å². The molecule has 0 amide bonds. The number of thiazole rings is 1. The summed E-state index contributed by atoms with van der Waals surface area (Å²) in [6.45, 7) is 0. The molecule has 0 saturated carbocycles. The Hall–Kier alpha value is -6.47. The van der Waals surface area contributed by atoms with Gasteiger partial charge in [-0.3, -0.25) is 0 Å². The molecule has 1 aliphatic rings. The molecule has 0 saturated heterocycles. The molecule has 0 bridgehead atoms. The first-order chi connectivity index (χ1) is 26.7. The molecule has 1 atom stereocenters. The number of thiophene rings is 1. The van der Waals surface area contributed by atoms with Gasteiger partial charge in [0.1, 0.15) is 16.7 Å². The van der Waals surface area contributed by atoms with Crippen LogP contribution in [-0.4, -0.2) is 16.7 Å². The Balaban J connectivity index is 1.19. The molecule has 8 aromatic carbocycles. The van der Waals surface area contributed by atoms with E-state index in [1.165, 1.54) is 52.0 Å². The predicted octanol–water partition coefficient (Wildman–Crippen LogP) is 12.8. The lowest BCUT2D eigenvalue weighted by Gasteiger charge is -2.24. The van der Waals surface area contributed by atoms with Crippen molar-refractivity contribution >= 4 is 86.3 Å². The average molecular weight is 727 g/mol. The number of fused-ring (bicyclic) bond motifs is 8. The maximum Gasteiger partial charge on any atom is 0.171 e. The van der Waals surface area contributed by atoms with Crippen molar-refractivity contribution in [3.63, 3.8) is 0 Å². The van der Waals surface area contributed by atoms with E-state index >= 15 is 0 Å². The third kappa shape index (κ3) is 5.14. The van der Waals surface area contributed by atoms with Crippen molar-refractivity contribution < 1.29 is 0 Å². The van der Waals surface area contributed by atoms with Crippen molar-refractivity contribution in [3.8, 4) is 21.7 Å². The highest BCUT2D eigenvalue weighted by molar-refractivity contribution is 7.32. The Bertz CT molecular complexity index is 3130. The number of aliphatic imine (C=N–C) groups is 2. The Morgan fingerprint density at radius 3 is 1.85 bits per heavy atom. The molecule has 6 heteroatoms. The van der Waals surface area contributed by atoms with Crippen LogP contribution >= 0.6 is 22.7 Å². The van der Waals surface area contributed by atoms with Crippen LogP contribution in [0.2, 0.25) is 0 Å². The van der Waals surface area contributed by atoms with Crippen LogP contribution < -0.4 is 5.32 Å². The van der Waals surface area contributed by atoms with E-state index in [0.29, 0.717) is 0 Å². The van der Waals surface area contributed by atoms with Gasteiger partial charge < -0.3 is 5.32 Å². The third-order valence-electron chi connectivity index (χ3n) is 10.4. The fraction of sp³-hybridized carbons (Fsp3) is 0.0208. The molecule has 0 fully saturated rings. The van der Waals surface area contributed by atoms with Crippen molar-refractivity contribution in [2.75, 3.05) is 0 Å². The van der Waals surface area contributed by atoms with Crippen LogP contribution in [0.1, 0.15) is 22.9 Å². The van der Waals surface area contributed by atoms with E-state index in [9.17, 15) is 0 Å². The fourth-order valence-corrected chi connectivity index (χ4v) is 10.3. The summed E-state index contributed by atoms with van der Waals surface area (Å²) in [4.78, 5) is 16.1. The van der Waals surface area contributed by atoms with E-state index in [0.717, 1.165) is 50.0 Å². The number of hydrogen-bond acceptors (Lipinski definition) is 6. The molecular weight excluding hydrogens is 697 g/mol. The summed E-state index contributed by atoms with van der Waals surface area (Å²) in [5.74, 6) is 1.61. The van der Waals surface area contributed by atoms with Crippen LogP contribution in [0.25, 0.3) is 73.6 Å². The highest BCUT2D eigenvalue weighted by Gasteiger charge is 2.27. The second kappa shape index (κ2) is 12.6. The number of hydrogen-bond donors (Lipinski definition) is 1. The highest BCUT2D eigenvalue weighted by Crippen LogP contribution is 2.48. The van der Waals surface area contributed by atoms with E-state index in [-0.39, 0.29) is 0 Å². The molecule has 2 aromatic heterocycles. The lowest BCUT2D eigenvalue weighted by atomic mass is 9.94. The van der Waals surface area contributed by atoms with Gasteiger partial charge in [0.2, 0.25) is 0 Å². The van der Waals surface area contributed by atoms with Crippen molar-refractivity contribution in [2.45, 2.75) is 6.17 Å². The first kappa shape index (κ1) is 31.1. The van der Waals surface area contributed by atoms with Gasteiger partial charge in [0.05, 0.1) is 14.9 Å². The highest BCUT2D eigenvalue weighted by atomic mass is 32.1. The Morgan fingerprint density at radius 2 is 1.06 bits per heavy atom. The van der Waals surface area contributed by atoms with Crippen LogP contribution in [0.3, 0.4) is 0 Å². The first-order valence-electron chi connectivity index (χ1n) is 18.0. The summed E-state index contributed by atoms with van der Waals surface area (Å²) in [6, 6.07) is 60.1. The molecule has 54 heavy (non-hydrogen) atoms. The van der Waals surface area contributed by atoms with Gasteiger partial charge in [-0.2, -0.15) is 0 Å². The van der Waals surface area contributed by atoms with E-state index < -0.39 is 6.17 Å². The van der Waals surface area contributed by atoms with Crippen LogP contribution in [0.4, 0.5) is 0 Å². The summed E-state index contributed by atoms with van der Waals surface area (Å²) in [5, 5.41) is 12.0. The van der Waals surface area contributed by atoms with E-state index in [2.05, 4.69) is 169 Å². The number of aromatic nitrogens is 1. The normalized spacial score (nSPS) is 14.5. The average Bonchev–Trinajstić information content (AvgIpc) is 3.86. The molecule has 0 aliphatic carbocycles. The summed E-state index contributed by atoms with van der Waals surface area (Å²) in [6.07, 6.45) is -0.492. The molecule has 4 nitrogen and oxygen atoms in total. The zero-order valence-electron chi connectivity index (χ0n) is 28.9. The van der Waals surface area contributed by atoms with Crippen LogP contribution in [0.5, 0.6) is 0 Å². The fourth-order valence-electron chi connectivity index (χ4n) is 7.76. The number of benzene rings is 8.